The number of hydrogen-bond acceptors (Lipinski definition) is 7. The lowest BCUT2D eigenvalue weighted by Crippen LogP contribution is -2.47. The van der Waals surface area contributed by atoms with E-state index in [-0.39, 0.29) is 30.5 Å². The number of likely N-dealkylation sites (tertiary alicyclic amines) is 1. The number of nitrogens with one attached hydrogen (secondary N) is 1. The van der Waals surface area contributed by atoms with Crippen LogP contribution >= 0.6 is 0 Å². The lowest BCUT2D eigenvalue weighted by atomic mass is 10.1. The van der Waals surface area contributed by atoms with Crippen LogP contribution in [0.3, 0.4) is 0 Å². The van der Waals surface area contributed by atoms with Gasteiger partial charge >= 0.3 is 0 Å². The predicted octanol–water partition coefficient (Wildman–Crippen LogP) is 2.82. The van der Waals surface area contributed by atoms with E-state index in [2.05, 4.69) is 10.4 Å². The molecule has 2 aromatic carbocycles. The van der Waals surface area contributed by atoms with Gasteiger partial charge in [0.15, 0.2) is 11.5 Å². The normalized spacial score (nSPS) is 20.2. The maximum atomic E-state index is 13.0. The number of hydrogen-bond donors (Lipinski definition) is 1. The minimum absolute atomic E-state index is 0.0548. The zero-order valence-electron chi connectivity index (χ0n) is 22.4. The maximum Gasteiger partial charge on any atom is 0.234 e. The molecule has 2 atom stereocenters. The van der Waals surface area contributed by atoms with Crippen LogP contribution in [0.2, 0.25) is 0 Å². The first-order chi connectivity index (χ1) is 19.0. The number of nitrogens with zero attached hydrogens (tertiary/aromatic N) is 4. The van der Waals surface area contributed by atoms with Crippen molar-refractivity contribution in [1.82, 2.24) is 24.9 Å². The number of likely N-dealkylation sites (N-methyl/N-ethyl adjacent to an activating group) is 1. The number of aryl methyl sites for hydroxylation is 1. The molecule has 5 rings (SSSR count). The van der Waals surface area contributed by atoms with Crippen LogP contribution in [0.4, 0.5) is 0 Å². The van der Waals surface area contributed by atoms with Gasteiger partial charge < -0.3 is 24.4 Å². The van der Waals surface area contributed by atoms with Crippen molar-refractivity contribution >= 4 is 11.8 Å². The molecule has 0 saturated carbocycles. The molecule has 2 aliphatic rings. The van der Waals surface area contributed by atoms with Crippen LogP contribution in [0, 0.1) is 0 Å². The van der Waals surface area contributed by atoms with Gasteiger partial charge in [0.25, 0.3) is 0 Å². The summed E-state index contributed by atoms with van der Waals surface area (Å²) in [5.41, 5.74) is 1.93. The van der Waals surface area contributed by atoms with E-state index >= 15 is 0 Å². The monoisotopic (exact) mass is 533 g/mol. The lowest BCUT2D eigenvalue weighted by molar-refractivity contribution is -0.131. The molecule has 1 N–H and O–H groups in total. The highest BCUT2D eigenvalue weighted by atomic mass is 16.5. The first-order valence-electron chi connectivity index (χ1n) is 13.3. The van der Waals surface area contributed by atoms with E-state index in [0.717, 1.165) is 11.1 Å². The fourth-order valence-corrected chi connectivity index (χ4v) is 5.06. The fraction of sp³-hybridized carbons (Fsp3) is 0.414. The van der Waals surface area contributed by atoms with Crippen LogP contribution in [0.5, 0.6) is 17.2 Å². The zero-order chi connectivity index (χ0) is 27.2. The van der Waals surface area contributed by atoms with Crippen LogP contribution in [-0.4, -0.2) is 77.3 Å². The van der Waals surface area contributed by atoms with Gasteiger partial charge in [0.05, 0.1) is 32.4 Å². The van der Waals surface area contributed by atoms with Crippen LogP contribution in [0.1, 0.15) is 24.0 Å². The smallest absolute Gasteiger partial charge is 0.234 e. The number of aromatic nitrogens is 2. The minimum Gasteiger partial charge on any atom is -0.493 e. The molecule has 10 heteroatoms. The number of carbonyl (C=O) groups excluding carboxylic acids is 2. The third kappa shape index (κ3) is 6.96. The molecule has 0 unspecified atom stereocenters. The third-order valence-corrected chi connectivity index (χ3v) is 6.99. The number of benzene rings is 2. The van der Waals surface area contributed by atoms with E-state index in [0.29, 0.717) is 62.9 Å². The Morgan fingerprint density at radius 2 is 2.03 bits per heavy atom. The Kier molecular flexibility index (Phi) is 8.43. The number of amides is 2. The summed E-state index contributed by atoms with van der Waals surface area (Å²) in [5.74, 6) is 1.86. The molecule has 206 valence electrons. The number of rotatable bonds is 5. The molecule has 10 nitrogen and oxygen atoms in total. The maximum absolute atomic E-state index is 13.0. The highest BCUT2D eigenvalue weighted by Gasteiger charge is 2.37. The second-order valence-corrected chi connectivity index (χ2v) is 10.1. The molecule has 2 aliphatic heterocycles. The summed E-state index contributed by atoms with van der Waals surface area (Å²) in [6, 6.07) is 15.1. The zero-order valence-corrected chi connectivity index (χ0v) is 22.4. The Labute approximate surface area is 228 Å². The summed E-state index contributed by atoms with van der Waals surface area (Å²) in [4.78, 5) is 29.8. The van der Waals surface area contributed by atoms with Crippen molar-refractivity contribution in [3.8, 4) is 17.2 Å². The minimum atomic E-state index is -0.320. The van der Waals surface area contributed by atoms with E-state index < -0.39 is 0 Å². The second-order valence-electron chi connectivity index (χ2n) is 10.1. The average Bonchev–Trinajstić information content (AvgIpc) is 3.57. The van der Waals surface area contributed by atoms with Crippen LogP contribution < -0.4 is 14.8 Å². The summed E-state index contributed by atoms with van der Waals surface area (Å²) >= 11 is 0. The Morgan fingerprint density at radius 3 is 2.85 bits per heavy atom. The highest BCUT2D eigenvalue weighted by Crippen LogP contribution is 2.33. The molecule has 1 fully saturated rings. The average molecular weight is 534 g/mol. The Balaban J connectivity index is 1.31. The van der Waals surface area contributed by atoms with Crippen molar-refractivity contribution in [2.45, 2.75) is 44.7 Å². The van der Waals surface area contributed by atoms with Crippen molar-refractivity contribution in [3.63, 3.8) is 0 Å². The number of fused-ring (bicyclic) bond motifs is 5. The SMILES string of the molecule is COc1ccc2cc1Oc1cccc(c1)CO[C@H]1CN(C(=O)CCCn3cccn3)C[C@@H]1NC(=O)CN(C)C2. The summed E-state index contributed by atoms with van der Waals surface area (Å²) in [6.45, 7) is 2.63. The molecule has 3 aromatic rings. The van der Waals surface area contributed by atoms with Crippen LogP contribution in [0.15, 0.2) is 60.9 Å². The van der Waals surface area contributed by atoms with Crippen molar-refractivity contribution in [3.05, 3.63) is 72.1 Å². The van der Waals surface area contributed by atoms with Crippen molar-refractivity contribution in [2.75, 3.05) is 33.8 Å². The van der Waals surface area contributed by atoms with Crippen molar-refractivity contribution in [1.29, 1.82) is 0 Å². The molecule has 1 saturated heterocycles. The van der Waals surface area contributed by atoms with E-state index in [1.54, 1.807) is 18.2 Å². The molecule has 2 amide bonds. The first-order valence-corrected chi connectivity index (χ1v) is 13.3. The van der Waals surface area contributed by atoms with Crippen LogP contribution in [-0.2, 0) is 34.0 Å². The topological polar surface area (TPSA) is 98.2 Å². The van der Waals surface area contributed by atoms with Gasteiger partial charge in [-0.25, -0.2) is 0 Å². The van der Waals surface area contributed by atoms with E-state index in [4.69, 9.17) is 14.2 Å². The lowest BCUT2D eigenvalue weighted by Gasteiger charge is -2.23. The molecule has 4 bridgehead atoms. The second kappa shape index (κ2) is 12.3. The largest absolute Gasteiger partial charge is 0.493 e. The predicted molar refractivity (Wildman–Crippen MR) is 144 cm³/mol. The van der Waals surface area contributed by atoms with Gasteiger partial charge in [-0.1, -0.05) is 18.2 Å². The Morgan fingerprint density at radius 1 is 1.13 bits per heavy atom. The van der Waals surface area contributed by atoms with Gasteiger partial charge in [-0.05, 0) is 54.9 Å². The molecular weight excluding hydrogens is 498 g/mol. The number of ether oxygens (including phenoxy) is 3. The summed E-state index contributed by atoms with van der Waals surface area (Å²) in [5, 5.41) is 7.32. The van der Waals surface area contributed by atoms with Gasteiger partial charge in [-0.15, -0.1) is 0 Å². The highest BCUT2D eigenvalue weighted by molar-refractivity contribution is 5.79. The molecule has 3 heterocycles. The third-order valence-electron chi connectivity index (χ3n) is 6.99. The van der Waals surface area contributed by atoms with Gasteiger partial charge in [-0.3, -0.25) is 19.2 Å². The summed E-state index contributed by atoms with van der Waals surface area (Å²) < 4.78 is 19.8. The van der Waals surface area contributed by atoms with E-state index in [1.165, 1.54) is 0 Å². The standard InChI is InChI=1S/C29H35N5O5/c1-32-16-21-9-10-25(37-2)26(15-21)39-23-7-3-6-22(14-23)20-38-27-18-33(17-24(27)31-28(35)19-32)29(36)8-4-12-34-13-5-11-30-34/h3,5-7,9-11,13-15,24,27H,4,8,12,16-20H2,1-2H3,(H,31,35)/t24-,27-/m0/s1. The quantitative estimate of drug-likeness (QED) is 0.539. The molecule has 1 aromatic heterocycles. The molecule has 39 heavy (non-hydrogen) atoms. The number of methoxy groups -OCH3 is 1. The summed E-state index contributed by atoms with van der Waals surface area (Å²) in [6.07, 6.45) is 4.41. The Bertz CT molecular complexity index is 1280. The Hall–Kier alpha value is -3.89. The van der Waals surface area contributed by atoms with Gasteiger partial charge in [0.2, 0.25) is 11.8 Å². The summed E-state index contributed by atoms with van der Waals surface area (Å²) in [7, 11) is 3.51. The molecule has 0 aliphatic carbocycles. The van der Waals surface area contributed by atoms with Gasteiger partial charge in [-0.2, -0.15) is 5.10 Å². The van der Waals surface area contributed by atoms with Gasteiger partial charge in [0.1, 0.15) is 5.75 Å². The number of carbonyl (C=O) groups is 2. The van der Waals surface area contributed by atoms with Crippen molar-refractivity contribution in [2.24, 2.45) is 0 Å². The molecular formula is C29H35N5O5. The molecule has 0 radical (unpaired) electrons. The van der Waals surface area contributed by atoms with E-state index in [9.17, 15) is 9.59 Å². The fourth-order valence-electron chi connectivity index (χ4n) is 5.06. The van der Waals surface area contributed by atoms with Crippen molar-refractivity contribution < 1.29 is 23.8 Å². The van der Waals surface area contributed by atoms with Crippen LogP contribution in [0.25, 0.3) is 0 Å². The first kappa shape index (κ1) is 26.7. The molecule has 0 spiro atoms. The van der Waals surface area contributed by atoms with Gasteiger partial charge in [0, 0.05) is 45.0 Å². The van der Waals surface area contributed by atoms with E-state index in [1.807, 2.05) is 71.4 Å².